The Hall–Kier alpha value is -3.03. The minimum Gasteiger partial charge on any atom is -0.494 e. The maximum atomic E-state index is 12.5. The van der Waals surface area contributed by atoms with E-state index in [1.807, 2.05) is 34.9 Å². The summed E-state index contributed by atoms with van der Waals surface area (Å²) in [6.07, 6.45) is 4.15. The van der Waals surface area contributed by atoms with Gasteiger partial charge in [0, 0.05) is 26.7 Å². The maximum absolute atomic E-state index is 12.5. The smallest absolute Gasteiger partial charge is 0.329 e. The van der Waals surface area contributed by atoms with Gasteiger partial charge >= 0.3 is 5.69 Å². The Kier molecular flexibility index (Phi) is 5.18. The molecule has 0 bridgehead atoms. The van der Waals surface area contributed by atoms with Gasteiger partial charge in [0.2, 0.25) is 5.95 Å². The van der Waals surface area contributed by atoms with Gasteiger partial charge in [0.15, 0.2) is 11.2 Å². The van der Waals surface area contributed by atoms with Crippen molar-refractivity contribution in [2.75, 3.05) is 24.6 Å². The van der Waals surface area contributed by atoms with Crippen molar-refractivity contribution in [2.45, 2.75) is 32.2 Å². The van der Waals surface area contributed by atoms with E-state index in [1.165, 1.54) is 11.0 Å². The first-order valence-electron chi connectivity index (χ1n) is 9.77. The van der Waals surface area contributed by atoms with Crippen molar-refractivity contribution in [3.63, 3.8) is 0 Å². The zero-order chi connectivity index (χ0) is 19.5. The van der Waals surface area contributed by atoms with E-state index in [4.69, 9.17) is 4.74 Å². The van der Waals surface area contributed by atoms with Crippen molar-refractivity contribution < 1.29 is 4.74 Å². The van der Waals surface area contributed by atoms with Crippen molar-refractivity contribution >= 4 is 17.1 Å². The van der Waals surface area contributed by atoms with Gasteiger partial charge in [0.25, 0.3) is 5.56 Å². The molecule has 3 heterocycles. The molecular formula is C20H25N5O3. The maximum Gasteiger partial charge on any atom is 0.329 e. The normalized spacial score (nSPS) is 14.5. The molecule has 148 valence electrons. The second-order valence-corrected chi connectivity index (χ2v) is 7.12. The fourth-order valence-corrected chi connectivity index (χ4v) is 3.70. The number of H-pyrrole nitrogens is 1. The van der Waals surface area contributed by atoms with Gasteiger partial charge in [0.05, 0.1) is 6.61 Å². The molecule has 2 aromatic heterocycles. The molecule has 3 aromatic rings. The molecule has 1 N–H and O–H groups in total. The Morgan fingerprint density at radius 2 is 1.86 bits per heavy atom. The van der Waals surface area contributed by atoms with Crippen LogP contribution in [-0.4, -0.2) is 38.8 Å². The highest BCUT2D eigenvalue weighted by Gasteiger charge is 2.22. The van der Waals surface area contributed by atoms with Crippen LogP contribution in [0.4, 0.5) is 5.95 Å². The number of piperidine rings is 1. The number of aromatic amines is 1. The SMILES string of the molecule is Cn1c(=O)[nH]c(=O)c2c1nc(N1CCCCC1)n2CCCOc1ccccc1. The molecule has 8 heteroatoms. The highest BCUT2D eigenvalue weighted by Crippen LogP contribution is 2.23. The molecule has 1 saturated heterocycles. The molecule has 1 aromatic carbocycles. The molecule has 0 spiro atoms. The first-order chi connectivity index (χ1) is 13.6. The average Bonchev–Trinajstić information content (AvgIpc) is 3.11. The Bertz CT molecular complexity index is 1060. The molecule has 0 saturated carbocycles. The summed E-state index contributed by atoms with van der Waals surface area (Å²) >= 11 is 0. The van der Waals surface area contributed by atoms with E-state index >= 15 is 0 Å². The quantitative estimate of drug-likeness (QED) is 0.657. The predicted molar refractivity (Wildman–Crippen MR) is 108 cm³/mol. The van der Waals surface area contributed by atoms with Gasteiger partial charge in [-0.2, -0.15) is 4.98 Å². The van der Waals surface area contributed by atoms with E-state index in [1.54, 1.807) is 7.05 Å². The lowest BCUT2D eigenvalue weighted by Crippen LogP contribution is -2.32. The number of imidazole rings is 1. The molecule has 1 aliphatic rings. The van der Waals surface area contributed by atoms with E-state index in [9.17, 15) is 9.59 Å². The summed E-state index contributed by atoms with van der Waals surface area (Å²) in [5.74, 6) is 1.59. The van der Waals surface area contributed by atoms with Crippen LogP contribution in [0.25, 0.3) is 11.2 Å². The van der Waals surface area contributed by atoms with Crippen LogP contribution in [0.2, 0.25) is 0 Å². The third-order valence-electron chi connectivity index (χ3n) is 5.16. The second-order valence-electron chi connectivity index (χ2n) is 7.12. The van der Waals surface area contributed by atoms with Crippen LogP contribution in [0.1, 0.15) is 25.7 Å². The van der Waals surface area contributed by atoms with Crippen LogP contribution in [0, 0.1) is 0 Å². The van der Waals surface area contributed by atoms with E-state index in [0.717, 1.165) is 44.0 Å². The fourth-order valence-electron chi connectivity index (χ4n) is 3.70. The van der Waals surface area contributed by atoms with Gasteiger partial charge in [-0.1, -0.05) is 18.2 Å². The van der Waals surface area contributed by atoms with Gasteiger partial charge in [0.1, 0.15) is 5.75 Å². The number of hydrogen-bond acceptors (Lipinski definition) is 5. The Morgan fingerprint density at radius 3 is 2.61 bits per heavy atom. The number of nitrogens with zero attached hydrogens (tertiary/aromatic N) is 4. The highest BCUT2D eigenvalue weighted by molar-refractivity contribution is 5.74. The summed E-state index contributed by atoms with van der Waals surface area (Å²) in [6, 6.07) is 9.67. The van der Waals surface area contributed by atoms with E-state index < -0.39 is 11.2 Å². The topological polar surface area (TPSA) is 85.1 Å². The summed E-state index contributed by atoms with van der Waals surface area (Å²) < 4.78 is 9.13. The largest absolute Gasteiger partial charge is 0.494 e. The van der Waals surface area contributed by atoms with Gasteiger partial charge in [-0.15, -0.1) is 0 Å². The van der Waals surface area contributed by atoms with Gasteiger partial charge in [-0.05, 0) is 37.8 Å². The fraction of sp³-hybridized carbons (Fsp3) is 0.450. The third kappa shape index (κ3) is 3.54. The molecule has 0 amide bonds. The number of rotatable bonds is 6. The molecule has 1 fully saturated rings. The lowest BCUT2D eigenvalue weighted by molar-refractivity contribution is 0.302. The molecular weight excluding hydrogens is 358 g/mol. The van der Waals surface area contributed by atoms with Crippen LogP contribution in [0.5, 0.6) is 5.75 Å². The number of aromatic nitrogens is 4. The molecule has 28 heavy (non-hydrogen) atoms. The molecule has 4 rings (SSSR count). The van der Waals surface area contributed by atoms with Crippen molar-refractivity contribution in [1.29, 1.82) is 0 Å². The molecule has 8 nitrogen and oxygen atoms in total. The summed E-state index contributed by atoms with van der Waals surface area (Å²) in [7, 11) is 1.64. The second kappa shape index (κ2) is 7.92. The molecule has 0 aliphatic carbocycles. The first kappa shape index (κ1) is 18.3. The zero-order valence-electron chi connectivity index (χ0n) is 16.1. The molecule has 0 atom stereocenters. The van der Waals surface area contributed by atoms with Crippen molar-refractivity contribution in [2.24, 2.45) is 7.05 Å². The zero-order valence-corrected chi connectivity index (χ0v) is 16.1. The lowest BCUT2D eigenvalue weighted by atomic mass is 10.1. The number of fused-ring (bicyclic) bond motifs is 1. The number of anilines is 1. The Morgan fingerprint density at radius 1 is 1.11 bits per heavy atom. The molecule has 0 unspecified atom stereocenters. The van der Waals surface area contributed by atoms with Crippen molar-refractivity contribution in [1.82, 2.24) is 19.1 Å². The van der Waals surface area contributed by atoms with Crippen LogP contribution in [-0.2, 0) is 13.6 Å². The minimum absolute atomic E-state index is 0.391. The number of benzene rings is 1. The van der Waals surface area contributed by atoms with E-state index in [-0.39, 0.29) is 0 Å². The molecule has 0 radical (unpaired) electrons. The molecule has 1 aliphatic heterocycles. The summed E-state index contributed by atoms with van der Waals surface area (Å²) in [4.78, 5) is 33.8. The summed E-state index contributed by atoms with van der Waals surface area (Å²) in [5, 5.41) is 0. The average molecular weight is 383 g/mol. The number of nitrogens with one attached hydrogen (secondary N) is 1. The third-order valence-corrected chi connectivity index (χ3v) is 5.16. The Balaban J connectivity index is 1.63. The number of hydrogen-bond donors (Lipinski definition) is 1. The predicted octanol–water partition coefficient (Wildman–Crippen LogP) is 1.88. The first-order valence-corrected chi connectivity index (χ1v) is 9.77. The van der Waals surface area contributed by atoms with Crippen LogP contribution < -0.4 is 20.9 Å². The van der Waals surface area contributed by atoms with Gasteiger partial charge < -0.3 is 14.2 Å². The van der Waals surface area contributed by atoms with Crippen molar-refractivity contribution in [3.05, 3.63) is 51.2 Å². The van der Waals surface area contributed by atoms with E-state index in [2.05, 4.69) is 14.9 Å². The lowest BCUT2D eigenvalue weighted by Gasteiger charge is -2.28. The number of ether oxygens (including phenoxy) is 1. The van der Waals surface area contributed by atoms with Crippen LogP contribution >= 0.6 is 0 Å². The number of para-hydroxylation sites is 1. The number of aryl methyl sites for hydroxylation is 2. The standard InChI is InChI=1S/C20H25N5O3/c1-23-17-16(18(26)22-20(23)27)25(19(21-17)24-11-6-3-7-12-24)13-8-14-28-15-9-4-2-5-10-15/h2,4-5,9-10H,3,6-8,11-14H2,1H3,(H,22,26,27). The van der Waals surface area contributed by atoms with Gasteiger partial charge in [-0.25, -0.2) is 4.79 Å². The van der Waals surface area contributed by atoms with E-state index in [0.29, 0.717) is 24.3 Å². The summed E-state index contributed by atoms with van der Waals surface area (Å²) in [6.45, 7) is 2.95. The van der Waals surface area contributed by atoms with Crippen molar-refractivity contribution in [3.8, 4) is 5.75 Å². The summed E-state index contributed by atoms with van der Waals surface area (Å²) in [5.41, 5.74) is 0.0401. The van der Waals surface area contributed by atoms with Crippen LogP contribution in [0.15, 0.2) is 39.9 Å². The highest BCUT2D eigenvalue weighted by atomic mass is 16.5. The Labute approximate surface area is 162 Å². The monoisotopic (exact) mass is 383 g/mol. The minimum atomic E-state index is -0.445. The van der Waals surface area contributed by atoms with Crippen LogP contribution in [0.3, 0.4) is 0 Å². The van der Waals surface area contributed by atoms with Gasteiger partial charge in [-0.3, -0.25) is 14.3 Å².